The Balaban J connectivity index is 1.44. The lowest BCUT2D eigenvalue weighted by atomic mass is 10.1. The molecule has 2 amide bonds. The number of rotatable bonds is 7. The third-order valence-corrected chi connectivity index (χ3v) is 7.65. The first kappa shape index (κ1) is 23.7. The largest absolute Gasteiger partial charge is 0.497 e. The molecular formula is C24H23N3O5S2. The van der Waals surface area contributed by atoms with Crippen molar-refractivity contribution in [1.29, 1.82) is 0 Å². The van der Waals surface area contributed by atoms with Gasteiger partial charge in [-0.15, -0.1) is 11.8 Å². The van der Waals surface area contributed by atoms with Gasteiger partial charge in [0.15, 0.2) is 0 Å². The maximum Gasteiger partial charge on any atom is 0.261 e. The van der Waals surface area contributed by atoms with Crippen molar-refractivity contribution >= 4 is 45.0 Å². The number of benzene rings is 3. The summed E-state index contributed by atoms with van der Waals surface area (Å²) in [6.07, 6.45) is 0. The lowest BCUT2D eigenvalue weighted by molar-refractivity contribution is -0.119. The van der Waals surface area contributed by atoms with Crippen molar-refractivity contribution in [3.63, 3.8) is 0 Å². The van der Waals surface area contributed by atoms with Gasteiger partial charge in [-0.1, -0.05) is 18.2 Å². The molecule has 4 rings (SSSR count). The number of sulfonamides is 1. The fourth-order valence-corrected chi connectivity index (χ4v) is 5.64. The van der Waals surface area contributed by atoms with Gasteiger partial charge in [-0.3, -0.25) is 14.3 Å². The molecule has 1 atom stereocenters. The molecule has 1 fully saturated rings. The number of para-hydroxylation sites is 1. The van der Waals surface area contributed by atoms with Crippen LogP contribution in [0.5, 0.6) is 5.75 Å². The molecular weight excluding hydrogens is 474 g/mol. The first-order chi connectivity index (χ1) is 16.4. The minimum Gasteiger partial charge on any atom is -0.497 e. The molecule has 8 nitrogen and oxygen atoms in total. The van der Waals surface area contributed by atoms with E-state index in [9.17, 15) is 18.0 Å². The molecule has 1 unspecified atom stereocenters. The zero-order valence-electron chi connectivity index (χ0n) is 18.3. The molecule has 1 aliphatic rings. The normalized spacial score (nSPS) is 15.6. The van der Waals surface area contributed by atoms with E-state index in [1.807, 2.05) is 0 Å². The quantitative estimate of drug-likeness (QED) is 0.516. The van der Waals surface area contributed by atoms with E-state index in [2.05, 4.69) is 10.0 Å². The molecule has 0 aliphatic carbocycles. The van der Waals surface area contributed by atoms with Crippen molar-refractivity contribution in [2.45, 2.75) is 10.9 Å². The van der Waals surface area contributed by atoms with E-state index in [1.165, 1.54) is 40.9 Å². The summed E-state index contributed by atoms with van der Waals surface area (Å²) in [5.41, 5.74) is 1.36. The number of hydrogen-bond acceptors (Lipinski definition) is 6. The highest BCUT2D eigenvalue weighted by Gasteiger charge is 2.35. The van der Waals surface area contributed by atoms with Gasteiger partial charge in [0.2, 0.25) is 5.91 Å². The Morgan fingerprint density at radius 3 is 2.26 bits per heavy atom. The summed E-state index contributed by atoms with van der Waals surface area (Å²) in [7, 11) is -2.23. The Morgan fingerprint density at radius 1 is 0.941 bits per heavy atom. The van der Waals surface area contributed by atoms with Crippen LogP contribution in [0.15, 0.2) is 83.8 Å². The summed E-state index contributed by atoms with van der Waals surface area (Å²) in [5, 5.41) is 2.83. The molecule has 0 radical (unpaired) electrons. The van der Waals surface area contributed by atoms with Gasteiger partial charge in [0.1, 0.15) is 11.8 Å². The molecule has 1 saturated heterocycles. The molecule has 1 heterocycles. The number of anilines is 2. The van der Waals surface area contributed by atoms with Crippen molar-refractivity contribution in [2.75, 3.05) is 28.8 Å². The lowest BCUT2D eigenvalue weighted by Crippen LogP contribution is -2.44. The minimum absolute atomic E-state index is 0.0394. The van der Waals surface area contributed by atoms with Crippen LogP contribution in [-0.4, -0.2) is 49.9 Å². The van der Waals surface area contributed by atoms with Gasteiger partial charge in [0.25, 0.3) is 15.9 Å². The number of carbonyl (C=O) groups excluding carboxylic acids is 2. The van der Waals surface area contributed by atoms with Gasteiger partial charge in [-0.05, 0) is 60.7 Å². The molecule has 0 aromatic heterocycles. The molecule has 2 N–H and O–H groups in total. The van der Waals surface area contributed by atoms with Gasteiger partial charge in [0, 0.05) is 22.7 Å². The number of amides is 2. The molecule has 3 aromatic rings. The predicted octanol–water partition coefficient (Wildman–Crippen LogP) is 3.65. The Labute approximate surface area is 202 Å². The van der Waals surface area contributed by atoms with E-state index in [1.54, 1.807) is 61.7 Å². The Bertz CT molecular complexity index is 1260. The van der Waals surface area contributed by atoms with Crippen LogP contribution >= 0.6 is 11.8 Å². The highest BCUT2D eigenvalue weighted by Crippen LogP contribution is 2.26. The van der Waals surface area contributed by atoms with E-state index in [4.69, 9.17) is 4.74 Å². The van der Waals surface area contributed by atoms with Crippen molar-refractivity contribution < 1.29 is 22.7 Å². The summed E-state index contributed by atoms with van der Waals surface area (Å²) in [4.78, 5) is 27.5. The van der Waals surface area contributed by atoms with Gasteiger partial charge in [-0.2, -0.15) is 0 Å². The zero-order valence-corrected chi connectivity index (χ0v) is 19.9. The average molecular weight is 498 g/mol. The average Bonchev–Trinajstić information content (AvgIpc) is 3.35. The number of ether oxygens (including phenoxy) is 1. The Kier molecular flexibility index (Phi) is 7.09. The van der Waals surface area contributed by atoms with Crippen molar-refractivity contribution in [1.82, 2.24) is 4.90 Å². The van der Waals surface area contributed by atoms with Crippen LogP contribution < -0.4 is 14.8 Å². The second-order valence-corrected chi connectivity index (χ2v) is 10.2. The fourth-order valence-electron chi connectivity index (χ4n) is 3.42. The number of nitrogens with zero attached hydrogens (tertiary/aromatic N) is 1. The second kappa shape index (κ2) is 10.2. The highest BCUT2D eigenvalue weighted by atomic mass is 32.2. The number of thioether (sulfide) groups is 1. The fraction of sp³-hybridized carbons (Fsp3) is 0.167. The summed E-state index contributed by atoms with van der Waals surface area (Å²) in [5.74, 6) is 0.904. The summed E-state index contributed by atoms with van der Waals surface area (Å²) >= 11 is 1.49. The molecule has 3 aromatic carbocycles. The third-order valence-electron chi connectivity index (χ3n) is 5.24. The Hall–Kier alpha value is -3.50. The molecule has 0 spiro atoms. The molecule has 34 heavy (non-hydrogen) atoms. The van der Waals surface area contributed by atoms with Crippen LogP contribution in [0.2, 0.25) is 0 Å². The standard InChI is InChI=1S/C24H23N3O5S2/c1-32-20-11-9-18(10-12-20)25-23(28)22-15-33-16-27(22)24(29)17-7-13-21(14-8-17)34(30,31)26-19-5-3-2-4-6-19/h2-14,22,26H,15-16H2,1H3,(H,25,28). The molecule has 176 valence electrons. The lowest BCUT2D eigenvalue weighted by Gasteiger charge is -2.23. The number of nitrogens with one attached hydrogen (secondary N) is 2. The summed E-state index contributed by atoms with van der Waals surface area (Å²) in [6.45, 7) is 0. The maximum absolute atomic E-state index is 13.1. The van der Waals surface area contributed by atoms with E-state index < -0.39 is 16.1 Å². The minimum atomic E-state index is -3.79. The first-order valence-corrected chi connectivity index (χ1v) is 13.0. The third kappa shape index (κ3) is 5.35. The van der Waals surface area contributed by atoms with E-state index in [-0.39, 0.29) is 16.7 Å². The van der Waals surface area contributed by atoms with Gasteiger partial charge in [-0.25, -0.2) is 8.42 Å². The zero-order chi connectivity index (χ0) is 24.1. The Morgan fingerprint density at radius 2 is 1.62 bits per heavy atom. The van der Waals surface area contributed by atoms with Crippen LogP contribution in [0.25, 0.3) is 0 Å². The van der Waals surface area contributed by atoms with Crippen molar-refractivity contribution in [3.05, 3.63) is 84.4 Å². The number of hydrogen-bond donors (Lipinski definition) is 2. The van der Waals surface area contributed by atoms with E-state index >= 15 is 0 Å². The topological polar surface area (TPSA) is 105 Å². The van der Waals surface area contributed by atoms with Crippen molar-refractivity contribution in [2.24, 2.45) is 0 Å². The van der Waals surface area contributed by atoms with Gasteiger partial charge >= 0.3 is 0 Å². The number of methoxy groups -OCH3 is 1. The SMILES string of the molecule is COc1ccc(NC(=O)C2CSCN2C(=O)c2ccc(S(=O)(=O)Nc3ccccc3)cc2)cc1. The van der Waals surface area contributed by atoms with Crippen LogP contribution in [-0.2, 0) is 14.8 Å². The number of carbonyl (C=O) groups is 2. The smallest absolute Gasteiger partial charge is 0.261 e. The highest BCUT2D eigenvalue weighted by molar-refractivity contribution is 7.99. The first-order valence-electron chi connectivity index (χ1n) is 10.4. The molecule has 10 heteroatoms. The van der Waals surface area contributed by atoms with Crippen molar-refractivity contribution in [3.8, 4) is 5.75 Å². The summed E-state index contributed by atoms with van der Waals surface area (Å²) in [6, 6.07) is 20.5. The molecule has 1 aliphatic heterocycles. The molecule has 0 bridgehead atoms. The monoisotopic (exact) mass is 497 g/mol. The van der Waals surface area contributed by atoms with Gasteiger partial charge < -0.3 is 15.0 Å². The second-order valence-electron chi connectivity index (χ2n) is 7.50. The summed E-state index contributed by atoms with van der Waals surface area (Å²) < 4.78 is 32.9. The van der Waals surface area contributed by atoms with Crippen LogP contribution in [0.3, 0.4) is 0 Å². The van der Waals surface area contributed by atoms with Crippen LogP contribution in [0.4, 0.5) is 11.4 Å². The predicted molar refractivity (Wildman–Crippen MR) is 133 cm³/mol. The molecule has 0 saturated carbocycles. The van der Waals surface area contributed by atoms with Gasteiger partial charge in [0.05, 0.1) is 17.9 Å². The maximum atomic E-state index is 13.1. The van der Waals surface area contributed by atoms with E-state index in [0.29, 0.717) is 34.3 Å². The van der Waals surface area contributed by atoms with Crippen LogP contribution in [0, 0.1) is 0 Å². The van der Waals surface area contributed by atoms with E-state index in [0.717, 1.165) is 0 Å². The van der Waals surface area contributed by atoms with Crippen LogP contribution in [0.1, 0.15) is 10.4 Å².